The molecule has 0 spiro atoms. The third-order valence-corrected chi connectivity index (χ3v) is 6.33. The van der Waals surface area contributed by atoms with E-state index < -0.39 is 11.9 Å². The molecule has 0 N–H and O–H groups in total. The van der Waals surface area contributed by atoms with Crippen LogP contribution in [0.3, 0.4) is 0 Å². The molecule has 4 rings (SSSR count). The average molecular weight is 433 g/mol. The van der Waals surface area contributed by atoms with Gasteiger partial charge in [-0.3, -0.25) is 9.69 Å². The number of aryl methyl sites for hydroxylation is 1. The molecule has 0 radical (unpaired) electrons. The van der Waals surface area contributed by atoms with Crippen molar-refractivity contribution in [2.75, 3.05) is 16.8 Å². The fourth-order valence-corrected chi connectivity index (χ4v) is 4.35. The standard InChI is InChI=1S/C25H25ClN4O/c1-4-23(31)30(20-13-14-22(21(26)17-20)29(3)19-11-8-12-19)24(18-9-6-5-7-10-18)25-27-15-16-28(25)2/h1,5-7,9-10,13-17,19,24H,8,11-12H2,2-3H3. The van der Waals surface area contributed by atoms with Crippen molar-refractivity contribution in [3.63, 3.8) is 0 Å². The lowest BCUT2D eigenvalue weighted by molar-refractivity contribution is -0.113. The molecule has 6 heteroatoms. The first-order valence-electron chi connectivity index (χ1n) is 10.4. The van der Waals surface area contributed by atoms with Crippen molar-refractivity contribution in [2.45, 2.75) is 31.3 Å². The second kappa shape index (κ2) is 8.87. The summed E-state index contributed by atoms with van der Waals surface area (Å²) in [5, 5.41) is 0.591. The zero-order chi connectivity index (χ0) is 22.0. The van der Waals surface area contributed by atoms with Crippen LogP contribution in [0.15, 0.2) is 60.9 Å². The number of amides is 1. The van der Waals surface area contributed by atoms with Gasteiger partial charge in [0.2, 0.25) is 0 Å². The zero-order valence-electron chi connectivity index (χ0n) is 17.7. The molecule has 1 atom stereocenters. The van der Waals surface area contributed by atoms with Crippen LogP contribution in [-0.2, 0) is 11.8 Å². The number of rotatable bonds is 6. The topological polar surface area (TPSA) is 41.4 Å². The second-order valence-electron chi connectivity index (χ2n) is 7.86. The van der Waals surface area contributed by atoms with Gasteiger partial charge in [-0.2, -0.15) is 0 Å². The Balaban J connectivity index is 1.80. The Bertz CT molecular complexity index is 1110. The van der Waals surface area contributed by atoms with Crippen molar-refractivity contribution < 1.29 is 4.79 Å². The van der Waals surface area contributed by atoms with Crippen molar-refractivity contribution in [1.82, 2.24) is 9.55 Å². The molecule has 1 heterocycles. The minimum Gasteiger partial charge on any atom is -0.370 e. The Morgan fingerprint density at radius 3 is 2.55 bits per heavy atom. The van der Waals surface area contributed by atoms with Gasteiger partial charge in [0.1, 0.15) is 11.9 Å². The van der Waals surface area contributed by atoms with Crippen LogP contribution in [0.2, 0.25) is 5.02 Å². The van der Waals surface area contributed by atoms with E-state index in [2.05, 4.69) is 22.9 Å². The molecule has 0 aliphatic heterocycles. The van der Waals surface area contributed by atoms with Crippen molar-refractivity contribution >= 4 is 28.9 Å². The highest BCUT2D eigenvalue weighted by molar-refractivity contribution is 6.33. The van der Waals surface area contributed by atoms with Gasteiger partial charge in [0.15, 0.2) is 0 Å². The minimum atomic E-state index is -0.490. The Morgan fingerprint density at radius 1 is 1.26 bits per heavy atom. The number of imidazole rings is 1. The third kappa shape index (κ3) is 4.04. The van der Waals surface area contributed by atoms with Crippen LogP contribution in [0.4, 0.5) is 11.4 Å². The first-order valence-corrected chi connectivity index (χ1v) is 10.7. The molecule has 2 aromatic carbocycles. The molecule has 1 aliphatic carbocycles. The van der Waals surface area contributed by atoms with E-state index in [0.29, 0.717) is 22.6 Å². The molecule has 3 aromatic rings. The molecule has 1 amide bonds. The van der Waals surface area contributed by atoms with Gasteiger partial charge in [-0.25, -0.2) is 4.98 Å². The number of nitrogens with zero attached hydrogens (tertiary/aromatic N) is 4. The van der Waals surface area contributed by atoms with Crippen LogP contribution in [0.5, 0.6) is 0 Å². The first kappa shape index (κ1) is 21.0. The van der Waals surface area contributed by atoms with Crippen LogP contribution in [0.1, 0.15) is 36.7 Å². The van der Waals surface area contributed by atoms with E-state index in [-0.39, 0.29) is 0 Å². The van der Waals surface area contributed by atoms with Gasteiger partial charge in [0.05, 0.1) is 10.7 Å². The summed E-state index contributed by atoms with van der Waals surface area (Å²) < 4.78 is 1.90. The molecule has 1 aliphatic rings. The number of hydrogen-bond acceptors (Lipinski definition) is 3. The van der Waals surface area contributed by atoms with E-state index in [1.165, 1.54) is 19.3 Å². The molecule has 1 unspecified atom stereocenters. The number of benzene rings is 2. The SMILES string of the molecule is C#CC(=O)N(c1ccc(N(C)C2CCC2)c(Cl)c1)C(c1ccccc1)c1nccn1C. The molecule has 0 bridgehead atoms. The lowest BCUT2D eigenvalue weighted by Crippen LogP contribution is -2.38. The maximum absolute atomic E-state index is 13.0. The summed E-state index contributed by atoms with van der Waals surface area (Å²) in [6, 6.07) is 15.5. The van der Waals surface area contributed by atoms with Crippen molar-refractivity contribution in [3.8, 4) is 12.3 Å². The highest BCUT2D eigenvalue weighted by Gasteiger charge is 2.31. The maximum Gasteiger partial charge on any atom is 0.303 e. The second-order valence-corrected chi connectivity index (χ2v) is 8.27. The number of halogens is 1. The lowest BCUT2D eigenvalue weighted by Gasteiger charge is -2.37. The lowest BCUT2D eigenvalue weighted by atomic mass is 9.91. The maximum atomic E-state index is 13.0. The molecule has 158 valence electrons. The molecule has 5 nitrogen and oxygen atoms in total. The van der Waals surface area contributed by atoms with Gasteiger partial charge in [-0.1, -0.05) is 41.9 Å². The number of terminal acetylenes is 1. The van der Waals surface area contributed by atoms with Crippen molar-refractivity contribution in [2.24, 2.45) is 7.05 Å². The fourth-order valence-electron chi connectivity index (χ4n) is 4.05. The van der Waals surface area contributed by atoms with Gasteiger partial charge in [-0.05, 0) is 48.9 Å². The number of anilines is 2. The molecule has 31 heavy (non-hydrogen) atoms. The summed E-state index contributed by atoms with van der Waals surface area (Å²) in [6.45, 7) is 0. The summed E-state index contributed by atoms with van der Waals surface area (Å²) in [5.74, 6) is 2.54. The van der Waals surface area contributed by atoms with Crippen LogP contribution < -0.4 is 9.80 Å². The van der Waals surface area contributed by atoms with E-state index in [1.807, 2.05) is 66.3 Å². The predicted octanol–water partition coefficient (Wildman–Crippen LogP) is 4.82. The van der Waals surface area contributed by atoms with Crippen LogP contribution in [0, 0.1) is 12.3 Å². The van der Waals surface area contributed by atoms with Crippen molar-refractivity contribution in [3.05, 3.63) is 77.3 Å². The fraction of sp³-hybridized carbons (Fsp3) is 0.280. The number of hydrogen-bond donors (Lipinski definition) is 0. The van der Waals surface area contributed by atoms with Gasteiger partial charge >= 0.3 is 5.91 Å². The third-order valence-electron chi connectivity index (χ3n) is 6.03. The minimum absolute atomic E-state index is 0.451. The number of aromatic nitrogens is 2. The van der Waals surface area contributed by atoms with Gasteiger partial charge in [-0.15, -0.1) is 6.42 Å². The summed E-state index contributed by atoms with van der Waals surface area (Å²) in [5.41, 5.74) is 2.50. The molecular formula is C25H25ClN4O. The normalized spacial score (nSPS) is 14.4. The Labute approximate surface area is 188 Å². The van der Waals surface area contributed by atoms with Crippen LogP contribution in [-0.4, -0.2) is 28.5 Å². The quantitative estimate of drug-likeness (QED) is 0.524. The number of carbonyl (C=O) groups excluding carboxylic acids is 1. The number of carbonyl (C=O) groups is 1. The Hall–Kier alpha value is -3.23. The molecule has 1 fully saturated rings. The van der Waals surface area contributed by atoms with E-state index >= 15 is 0 Å². The molecule has 1 aromatic heterocycles. The average Bonchev–Trinajstić information content (AvgIpc) is 3.16. The highest BCUT2D eigenvalue weighted by atomic mass is 35.5. The van der Waals surface area contributed by atoms with Gasteiger partial charge in [0, 0.05) is 38.2 Å². The monoisotopic (exact) mass is 432 g/mol. The highest BCUT2D eigenvalue weighted by Crippen LogP contribution is 2.38. The summed E-state index contributed by atoms with van der Waals surface area (Å²) >= 11 is 6.70. The van der Waals surface area contributed by atoms with E-state index in [4.69, 9.17) is 18.0 Å². The first-order chi connectivity index (χ1) is 15.0. The Morgan fingerprint density at radius 2 is 2.00 bits per heavy atom. The van der Waals surface area contributed by atoms with Crippen LogP contribution >= 0.6 is 11.6 Å². The van der Waals surface area contributed by atoms with Crippen molar-refractivity contribution in [1.29, 1.82) is 0 Å². The van der Waals surface area contributed by atoms with E-state index in [9.17, 15) is 4.79 Å². The zero-order valence-corrected chi connectivity index (χ0v) is 18.5. The van der Waals surface area contributed by atoms with Crippen LogP contribution in [0.25, 0.3) is 0 Å². The smallest absolute Gasteiger partial charge is 0.303 e. The predicted molar refractivity (Wildman–Crippen MR) is 125 cm³/mol. The summed E-state index contributed by atoms with van der Waals surface area (Å²) in [4.78, 5) is 21.4. The Kier molecular flexibility index (Phi) is 6.01. The van der Waals surface area contributed by atoms with E-state index in [0.717, 1.165) is 11.3 Å². The molecular weight excluding hydrogens is 408 g/mol. The van der Waals surface area contributed by atoms with Gasteiger partial charge in [0.25, 0.3) is 0 Å². The van der Waals surface area contributed by atoms with Gasteiger partial charge < -0.3 is 9.47 Å². The molecule has 0 saturated heterocycles. The molecule has 1 saturated carbocycles. The summed E-state index contributed by atoms with van der Waals surface area (Å²) in [7, 11) is 3.97. The van der Waals surface area contributed by atoms with E-state index in [1.54, 1.807) is 11.1 Å². The largest absolute Gasteiger partial charge is 0.370 e. The summed E-state index contributed by atoms with van der Waals surface area (Å²) in [6.07, 6.45) is 12.8.